The highest BCUT2D eigenvalue weighted by atomic mass is 16.1. The summed E-state index contributed by atoms with van der Waals surface area (Å²) in [6.45, 7) is 7.22. The van der Waals surface area contributed by atoms with E-state index in [9.17, 15) is 4.79 Å². The lowest BCUT2D eigenvalue weighted by Gasteiger charge is -2.38. The van der Waals surface area contributed by atoms with Gasteiger partial charge in [-0.3, -0.25) is 10.1 Å². The van der Waals surface area contributed by atoms with Crippen LogP contribution in [0.4, 0.5) is 0 Å². The van der Waals surface area contributed by atoms with Crippen molar-refractivity contribution >= 4 is 5.91 Å². The Morgan fingerprint density at radius 1 is 1.26 bits per heavy atom. The van der Waals surface area contributed by atoms with Crippen molar-refractivity contribution in [1.82, 2.24) is 10.2 Å². The first kappa shape index (κ1) is 14.8. The molecule has 0 aromatic carbocycles. The second-order valence-electron chi connectivity index (χ2n) is 6.60. The molecule has 3 N–H and O–H groups in total. The maximum absolute atomic E-state index is 12.1. The number of nitrogens with one attached hydrogen (secondary N) is 1. The predicted octanol–water partition coefficient (Wildman–Crippen LogP) is 1.49. The maximum Gasteiger partial charge on any atom is 0.239 e. The number of amides is 1. The number of hydrogen-bond donors (Lipinski definition) is 2. The largest absolute Gasteiger partial charge is 0.368 e. The number of carbonyl (C=O) groups excluding carboxylic acids is 1. The zero-order valence-corrected chi connectivity index (χ0v) is 12.5. The summed E-state index contributed by atoms with van der Waals surface area (Å²) in [5.41, 5.74) is 5.29. The SMILES string of the molecule is CC(C)NC(CN1CCCCCC1)(C(N)=O)C1CC1. The molecule has 1 aliphatic carbocycles. The monoisotopic (exact) mass is 267 g/mol. The van der Waals surface area contributed by atoms with Gasteiger partial charge in [-0.05, 0) is 58.5 Å². The van der Waals surface area contributed by atoms with Gasteiger partial charge in [0.1, 0.15) is 5.54 Å². The van der Waals surface area contributed by atoms with Crippen LogP contribution in [-0.4, -0.2) is 42.0 Å². The van der Waals surface area contributed by atoms with E-state index in [0.29, 0.717) is 12.0 Å². The summed E-state index contributed by atoms with van der Waals surface area (Å²) in [5, 5.41) is 3.51. The predicted molar refractivity (Wildman–Crippen MR) is 77.8 cm³/mol. The van der Waals surface area contributed by atoms with Gasteiger partial charge in [0, 0.05) is 12.6 Å². The lowest BCUT2D eigenvalue weighted by molar-refractivity contribution is -0.126. The van der Waals surface area contributed by atoms with Crippen LogP contribution in [0.15, 0.2) is 0 Å². The zero-order valence-electron chi connectivity index (χ0n) is 12.5. The van der Waals surface area contributed by atoms with Gasteiger partial charge in [0.15, 0.2) is 0 Å². The molecule has 1 unspecified atom stereocenters. The van der Waals surface area contributed by atoms with E-state index in [-0.39, 0.29) is 5.91 Å². The van der Waals surface area contributed by atoms with E-state index in [2.05, 4.69) is 24.1 Å². The maximum atomic E-state index is 12.1. The highest BCUT2D eigenvalue weighted by Gasteiger charge is 2.50. The fourth-order valence-electron chi connectivity index (χ4n) is 3.38. The average Bonchev–Trinajstić information content (AvgIpc) is 3.15. The first-order valence-electron chi connectivity index (χ1n) is 7.84. The fourth-order valence-corrected chi connectivity index (χ4v) is 3.38. The van der Waals surface area contributed by atoms with Crippen LogP contribution in [0.5, 0.6) is 0 Å². The molecule has 0 spiro atoms. The first-order chi connectivity index (χ1) is 9.04. The molecule has 1 atom stereocenters. The van der Waals surface area contributed by atoms with Crippen LogP contribution in [0.3, 0.4) is 0 Å². The molecule has 1 amide bonds. The standard InChI is InChI=1S/C15H29N3O/c1-12(2)17-15(14(16)19,13-7-8-13)11-18-9-5-3-4-6-10-18/h12-13,17H,3-11H2,1-2H3,(H2,16,19). The van der Waals surface area contributed by atoms with Gasteiger partial charge < -0.3 is 10.6 Å². The Balaban J connectivity index is 2.09. The van der Waals surface area contributed by atoms with Gasteiger partial charge in [-0.15, -0.1) is 0 Å². The van der Waals surface area contributed by atoms with Crippen LogP contribution in [0.25, 0.3) is 0 Å². The molecule has 1 heterocycles. The molecule has 0 radical (unpaired) electrons. The number of primary amides is 1. The Morgan fingerprint density at radius 2 is 1.84 bits per heavy atom. The zero-order chi connectivity index (χ0) is 13.9. The van der Waals surface area contributed by atoms with E-state index in [4.69, 9.17) is 5.73 Å². The van der Waals surface area contributed by atoms with Crippen LogP contribution in [0.1, 0.15) is 52.4 Å². The molecule has 0 aromatic heterocycles. The second kappa shape index (κ2) is 6.23. The van der Waals surface area contributed by atoms with Crippen molar-refractivity contribution in [2.24, 2.45) is 11.7 Å². The molecule has 0 bridgehead atoms. The third-order valence-electron chi connectivity index (χ3n) is 4.43. The molecule has 0 aromatic rings. The van der Waals surface area contributed by atoms with E-state index >= 15 is 0 Å². The summed E-state index contributed by atoms with van der Waals surface area (Å²) in [5.74, 6) is 0.281. The summed E-state index contributed by atoms with van der Waals surface area (Å²) in [6.07, 6.45) is 7.41. The van der Waals surface area contributed by atoms with Gasteiger partial charge in [-0.25, -0.2) is 0 Å². The van der Waals surface area contributed by atoms with Crippen LogP contribution in [-0.2, 0) is 4.79 Å². The number of rotatable bonds is 6. The van der Waals surface area contributed by atoms with Gasteiger partial charge in [0.25, 0.3) is 0 Å². The molecule has 4 heteroatoms. The molecular weight excluding hydrogens is 238 g/mol. The first-order valence-corrected chi connectivity index (χ1v) is 7.84. The number of nitrogens with two attached hydrogens (primary N) is 1. The molecule has 1 saturated carbocycles. The minimum absolute atomic E-state index is 0.159. The molecular formula is C15H29N3O. The van der Waals surface area contributed by atoms with E-state index in [1.807, 2.05) is 0 Å². The summed E-state index contributed by atoms with van der Waals surface area (Å²) in [6, 6.07) is 0.292. The summed E-state index contributed by atoms with van der Waals surface area (Å²) in [7, 11) is 0. The van der Waals surface area contributed by atoms with E-state index < -0.39 is 5.54 Å². The smallest absolute Gasteiger partial charge is 0.239 e. The van der Waals surface area contributed by atoms with Crippen molar-refractivity contribution in [3.63, 3.8) is 0 Å². The molecule has 110 valence electrons. The van der Waals surface area contributed by atoms with Gasteiger partial charge >= 0.3 is 0 Å². The molecule has 2 rings (SSSR count). The van der Waals surface area contributed by atoms with Crippen molar-refractivity contribution in [1.29, 1.82) is 0 Å². The van der Waals surface area contributed by atoms with Crippen molar-refractivity contribution in [2.75, 3.05) is 19.6 Å². The highest BCUT2D eigenvalue weighted by molar-refractivity contribution is 5.86. The van der Waals surface area contributed by atoms with E-state index in [0.717, 1.165) is 32.5 Å². The second-order valence-corrected chi connectivity index (χ2v) is 6.60. The summed E-state index contributed by atoms with van der Waals surface area (Å²) in [4.78, 5) is 14.6. The lowest BCUT2D eigenvalue weighted by atomic mass is 9.90. The molecule has 2 aliphatic rings. The molecule has 1 aliphatic heterocycles. The third kappa shape index (κ3) is 3.69. The van der Waals surface area contributed by atoms with Gasteiger partial charge in [-0.1, -0.05) is 12.8 Å². The van der Waals surface area contributed by atoms with Gasteiger partial charge in [-0.2, -0.15) is 0 Å². The topological polar surface area (TPSA) is 58.4 Å². The quantitative estimate of drug-likeness (QED) is 0.766. The third-order valence-corrected chi connectivity index (χ3v) is 4.43. The van der Waals surface area contributed by atoms with Crippen LogP contribution in [0.2, 0.25) is 0 Å². The van der Waals surface area contributed by atoms with Crippen LogP contribution in [0, 0.1) is 5.92 Å². The number of likely N-dealkylation sites (tertiary alicyclic amines) is 1. The molecule has 4 nitrogen and oxygen atoms in total. The molecule has 19 heavy (non-hydrogen) atoms. The van der Waals surface area contributed by atoms with Crippen molar-refractivity contribution in [3.05, 3.63) is 0 Å². The summed E-state index contributed by atoms with van der Waals surface area (Å²) < 4.78 is 0. The Labute approximate surface area is 117 Å². The minimum Gasteiger partial charge on any atom is -0.368 e. The Bertz CT molecular complexity index is 307. The molecule has 2 fully saturated rings. The van der Waals surface area contributed by atoms with Crippen molar-refractivity contribution in [2.45, 2.75) is 64.0 Å². The normalized spacial score (nSPS) is 25.0. The Hall–Kier alpha value is -0.610. The lowest BCUT2D eigenvalue weighted by Crippen LogP contribution is -2.64. The van der Waals surface area contributed by atoms with Crippen LogP contribution < -0.4 is 11.1 Å². The van der Waals surface area contributed by atoms with E-state index in [1.165, 1.54) is 25.7 Å². The average molecular weight is 267 g/mol. The van der Waals surface area contributed by atoms with Crippen LogP contribution >= 0.6 is 0 Å². The van der Waals surface area contributed by atoms with E-state index in [1.54, 1.807) is 0 Å². The Kier molecular flexibility index (Phi) is 4.85. The summed E-state index contributed by atoms with van der Waals surface area (Å²) >= 11 is 0. The van der Waals surface area contributed by atoms with Gasteiger partial charge in [0.05, 0.1) is 0 Å². The highest BCUT2D eigenvalue weighted by Crippen LogP contribution is 2.40. The van der Waals surface area contributed by atoms with Gasteiger partial charge in [0.2, 0.25) is 5.91 Å². The van der Waals surface area contributed by atoms with Crippen molar-refractivity contribution < 1.29 is 4.79 Å². The van der Waals surface area contributed by atoms with Crippen molar-refractivity contribution in [3.8, 4) is 0 Å². The Morgan fingerprint density at radius 3 is 2.26 bits per heavy atom. The number of nitrogens with zero attached hydrogens (tertiary/aromatic N) is 1. The fraction of sp³-hybridized carbons (Fsp3) is 0.933. The number of hydrogen-bond acceptors (Lipinski definition) is 3. The minimum atomic E-state index is -0.501. The molecule has 1 saturated heterocycles. The number of carbonyl (C=O) groups is 1.